The highest BCUT2D eigenvalue weighted by atomic mass is 16.3. The highest BCUT2D eigenvalue weighted by Crippen LogP contribution is 2.20. The minimum Gasteiger partial charge on any atom is -0.448 e. The van der Waals surface area contributed by atoms with E-state index in [9.17, 15) is 0 Å². The maximum Gasteiger partial charge on any atom is 0.195 e. The average molecular weight is 244 g/mol. The predicted octanol–water partition coefficient (Wildman–Crippen LogP) is 3.04. The van der Waals surface area contributed by atoms with Crippen molar-refractivity contribution in [2.45, 2.75) is 26.7 Å². The summed E-state index contributed by atoms with van der Waals surface area (Å²) in [5.74, 6) is 1.39. The Labute approximate surface area is 108 Å². The van der Waals surface area contributed by atoms with Gasteiger partial charge in [-0.2, -0.15) is 0 Å². The fourth-order valence-corrected chi connectivity index (χ4v) is 1.96. The molecule has 0 bridgehead atoms. The van der Waals surface area contributed by atoms with E-state index in [2.05, 4.69) is 43.1 Å². The predicted molar refractivity (Wildman–Crippen MR) is 73.2 cm³/mol. The molecule has 0 amide bonds. The molecule has 0 unspecified atom stereocenters. The topological polar surface area (TPSA) is 52.0 Å². The summed E-state index contributed by atoms with van der Waals surface area (Å²) in [4.78, 5) is 4.41. The lowest BCUT2D eigenvalue weighted by molar-refractivity contribution is 0.496. The van der Waals surface area contributed by atoms with Crippen LogP contribution in [0.3, 0.4) is 0 Å². The van der Waals surface area contributed by atoms with Gasteiger partial charge in [0.25, 0.3) is 0 Å². The largest absolute Gasteiger partial charge is 0.448 e. The zero-order valence-corrected chi connectivity index (χ0v) is 11.0. The smallest absolute Gasteiger partial charge is 0.195 e. The highest BCUT2D eigenvalue weighted by Gasteiger charge is 2.06. The van der Waals surface area contributed by atoms with Gasteiger partial charge in [-0.15, -0.1) is 0 Å². The van der Waals surface area contributed by atoms with Crippen molar-refractivity contribution in [2.75, 3.05) is 6.54 Å². The lowest BCUT2D eigenvalue weighted by Gasteiger charge is -2.05. The number of oxazole rings is 1. The van der Waals surface area contributed by atoms with Crippen LogP contribution in [0.5, 0.6) is 0 Å². The molecule has 0 radical (unpaired) electrons. The van der Waals surface area contributed by atoms with Crippen molar-refractivity contribution in [2.24, 2.45) is 11.7 Å². The number of rotatable bonds is 5. The maximum absolute atomic E-state index is 5.47. The van der Waals surface area contributed by atoms with Crippen LogP contribution in [0, 0.1) is 5.92 Å². The van der Waals surface area contributed by atoms with Gasteiger partial charge in [-0.25, -0.2) is 4.98 Å². The van der Waals surface area contributed by atoms with Gasteiger partial charge in [0, 0.05) is 18.5 Å². The summed E-state index contributed by atoms with van der Waals surface area (Å²) in [5.41, 5.74) is 8.81. The number of hydrogen-bond donors (Lipinski definition) is 1. The number of nitrogens with two attached hydrogens (primary N) is 1. The number of aromatic nitrogens is 1. The van der Waals surface area contributed by atoms with E-state index in [1.54, 1.807) is 6.26 Å². The summed E-state index contributed by atoms with van der Waals surface area (Å²) < 4.78 is 5.36. The van der Waals surface area contributed by atoms with Crippen molar-refractivity contribution in [3.63, 3.8) is 0 Å². The maximum atomic E-state index is 5.47. The number of nitrogens with zero attached hydrogens (tertiary/aromatic N) is 1. The molecule has 3 heteroatoms. The van der Waals surface area contributed by atoms with E-state index in [0.29, 0.717) is 24.8 Å². The second kappa shape index (κ2) is 5.83. The zero-order chi connectivity index (χ0) is 13.0. The quantitative estimate of drug-likeness (QED) is 0.879. The van der Waals surface area contributed by atoms with E-state index in [4.69, 9.17) is 10.2 Å². The van der Waals surface area contributed by atoms with Crippen LogP contribution in [0.4, 0.5) is 0 Å². The van der Waals surface area contributed by atoms with E-state index >= 15 is 0 Å². The monoisotopic (exact) mass is 244 g/mol. The zero-order valence-electron chi connectivity index (χ0n) is 11.0. The lowest BCUT2D eigenvalue weighted by Crippen LogP contribution is -2.02. The molecule has 0 saturated heterocycles. The van der Waals surface area contributed by atoms with Crippen molar-refractivity contribution in [1.82, 2.24) is 4.98 Å². The van der Waals surface area contributed by atoms with Crippen LogP contribution in [-0.2, 0) is 12.8 Å². The van der Waals surface area contributed by atoms with Gasteiger partial charge >= 0.3 is 0 Å². The van der Waals surface area contributed by atoms with Crippen molar-refractivity contribution in [1.29, 1.82) is 0 Å². The summed E-state index contributed by atoms with van der Waals surface area (Å²) in [5, 5.41) is 0. The molecule has 0 fully saturated rings. The minimum atomic E-state index is 0.563. The SMILES string of the molecule is CC(C)Cc1ccc(-c2coc(CCN)n2)cc1. The first-order valence-electron chi connectivity index (χ1n) is 6.43. The van der Waals surface area contributed by atoms with Gasteiger partial charge in [-0.3, -0.25) is 0 Å². The molecular weight excluding hydrogens is 224 g/mol. The number of benzene rings is 1. The van der Waals surface area contributed by atoms with Crippen LogP contribution >= 0.6 is 0 Å². The van der Waals surface area contributed by atoms with E-state index in [1.165, 1.54) is 5.56 Å². The summed E-state index contributed by atoms with van der Waals surface area (Å²) in [6.07, 6.45) is 3.49. The molecule has 2 aromatic rings. The Morgan fingerprint density at radius 2 is 1.94 bits per heavy atom. The lowest BCUT2D eigenvalue weighted by atomic mass is 10.0. The summed E-state index contributed by atoms with van der Waals surface area (Å²) in [6, 6.07) is 8.52. The average Bonchev–Trinajstić information content (AvgIpc) is 2.78. The minimum absolute atomic E-state index is 0.563. The molecule has 1 aromatic heterocycles. The summed E-state index contributed by atoms with van der Waals surface area (Å²) >= 11 is 0. The highest BCUT2D eigenvalue weighted by molar-refractivity contribution is 5.58. The van der Waals surface area contributed by atoms with Crippen molar-refractivity contribution in [3.05, 3.63) is 42.0 Å². The Bertz CT molecular complexity index is 485. The molecule has 0 spiro atoms. The van der Waals surface area contributed by atoms with E-state index in [-0.39, 0.29) is 0 Å². The van der Waals surface area contributed by atoms with Gasteiger partial charge < -0.3 is 10.2 Å². The van der Waals surface area contributed by atoms with Gasteiger partial charge in [0.15, 0.2) is 5.89 Å². The van der Waals surface area contributed by atoms with Gasteiger partial charge in [0.1, 0.15) is 12.0 Å². The molecule has 1 aromatic carbocycles. The first kappa shape index (κ1) is 12.8. The Morgan fingerprint density at radius 1 is 1.22 bits per heavy atom. The fraction of sp³-hybridized carbons (Fsp3) is 0.400. The Morgan fingerprint density at radius 3 is 2.56 bits per heavy atom. The van der Waals surface area contributed by atoms with Crippen molar-refractivity contribution < 1.29 is 4.42 Å². The molecule has 0 atom stereocenters. The second-order valence-electron chi connectivity index (χ2n) is 4.96. The van der Waals surface area contributed by atoms with E-state index in [1.807, 2.05) is 0 Å². The van der Waals surface area contributed by atoms with Crippen LogP contribution in [-0.4, -0.2) is 11.5 Å². The van der Waals surface area contributed by atoms with Crippen molar-refractivity contribution in [3.8, 4) is 11.3 Å². The molecule has 0 saturated carbocycles. The molecule has 2 rings (SSSR count). The van der Waals surface area contributed by atoms with E-state index in [0.717, 1.165) is 17.7 Å². The van der Waals surface area contributed by atoms with Gasteiger partial charge in [0.2, 0.25) is 0 Å². The number of hydrogen-bond acceptors (Lipinski definition) is 3. The molecule has 2 N–H and O–H groups in total. The first-order valence-corrected chi connectivity index (χ1v) is 6.43. The van der Waals surface area contributed by atoms with Crippen LogP contribution in [0.2, 0.25) is 0 Å². The van der Waals surface area contributed by atoms with E-state index < -0.39 is 0 Å². The van der Waals surface area contributed by atoms with Gasteiger partial charge in [-0.05, 0) is 17.9 Å². The molecule has 1 heterocycles. The van der Waals surface area contributed by atoms with Gasteiger partial charge in [-0.1, -0.05) is 38.1 Å². The Balaban J connectivity index is 2.12. The summed E-state index contributed by atoms with van der Waals surface area (Å²) in [6.45, 7) is 5.02. The normalized spacial score (nSPS) is 11.1. The van der Waals surface area contributed by atoms with Crippen LogP contribution in [0.25, 0.3) is 11.3 Å². The summed E-state index contributed by atoms with van der Waals surface area (Å²) in [7, 11) is 0. The second-order valence-corrected chi connectivity index (χ2v) is 4.96. The Kier molecular flexibility index (Phi) is 4.15. The fourth-order valence-electron chi connectivity index (χ4n) is 1.96. The standard InChI is InChI=1S/C15H20N2O/c1-11(2)9-12-3-5-13(6-4-12)14-10-18-15(17-14)7-8-16/h3-6,10-11H,7-9,16H2,1-2H3. The first-order chi connectivity index (χ1) is 8.69. The third-order valence-electron chi connectivity index (χ3n) is 2.80. The van der Waals surface area contributed by atoms with Crippen LogP contribution in [0.15, 0.2) is 34.9 Å². The molecular formula is C15H20N2O. The molecule has 96 valence electrons. The van der Waals surface area contributed by atoms with Crippen LogP contribution in [0.1, 0.15) is 25.3 Å². The van der Waals surface area contributed by atoms with Crippen molar-refractivity contribution >= 4 is 0 Å². The Hall–Kier alpha value is -1.61. The third kappa shape index (κ3) is 3.20. The molecule has 18 heavy (non-hydrogen) atoms. The molecule has 3 nitrogen and oxygen atoms in total. The molecule has 0 aliphatic heterocycles. The third-order valence-corrected chi connectivity index (χ3v) is 2.80. The van der Waals surface area contributed by atoms with Gasteiger partial charge in [0.05, 0.1) is 0 Å². The van der Waals surface area contributed by atoms with Crippen LogP contribution < -0.4 is 5.73 Å². The molecule has 0 aliphatic carbocycles. The molecule has 0 aliphatic rings.